The van der Waals surface area contributed by atoms with Crippen LogP contribution in [0.2, 0.25) is 0 Å². The number of aromatic nitrogens is 1. The van der Waals surface area contributed by atoms with E-state index >= 15 is 0 Å². The lowest BCUT2D eigenvalue weighted by molar-refractivity contribution is -0.116. The Kier molecular flexibility index (Phi) is 9.03. The average molecular weight is 611 g/mol. The van der Waals surface area contributed by atoms with Gasteiger partial charge in [0, 0.05) is 62.1 Å². The molecule has 45 heavy (non-hydrogen) atoms. The van der Waals surface area contributed by atoms with Gasteiger partial charge in [-0.25, -0.2) is 0 Å². The lowest BCUT2D eigenvalue weighted by Gasteiger charge is -2.12. The zero-order valence-electron chi connectivity index (χ0n) is 24.2. The summed E-state index contributed by atoms with van der Waals surface area (Å²) >= 11 is 1.56. The molecule has 3 amide bonds. The van der Waals surface area contributed by atoms with Gasteiger partial charge in [-0.1, -0.05) is 72.8 Å². The Bertz CT molecular complexity index is 2010. The van der Waals surface area contributed by atoms with E-state index in [0.29, 0.717) is 23.4 Å². The zero-order chi connectivity index (χ0) is 31.0. The SMILES string of the molecule is O=C(CCSc1ccc(NC(=O)C(=Cc2c[nH]c3ccccc23)NC(=O)c2ccccc2)cc1)Nc1cccc2ccccc12. The Morgan fingerprint density at radius 3 is 2.24 bits per heavy atom. The van der Waals surface area contributed by atoms with Gasteiger partial charge in [0.25, 0.3) is 11.8 Å². The number of hydrogen-bond acceptors (Lipinski definition) is 4. The summed E-state index contributed by atoms with van der Waals surface area (Å²) in [6.07, 6.45) is 3.83. The molecular weight excluding hydrogens is 580 g/mol. The quantitative estimate of drug-likeness (QED) is 0.0937. The first kappa shape index (κ1) is 29.5. The van der Waals surface area contributed by atoms with Crippen molar-refractivity contribution in [3.8, 4) is 0 Å². The van der Waals surface area contributed by atoms with Crippen molar-refractivity contribution < 1.29 is 14.4 Å². The molecule has 0 atom stereocenters. The second-order valence-electron chi connectivity index (χ2n) is 10.3. The molecule has 6 aromatic rings. The number of amides is 3. The van der Waals surface area contributed by atoms with Crippen LogP contribution in [0.1, 0.15) is 22.3 Å². The van der Waals surface area contributed by atoms with Gasteiger partial charge in [0.15, 0.2) is 0 Å². The van der Waals surface area contributed by atoms with Crippen LogP contribution >= 0.6 is 11.8 Å². The van der Waals surface area contributed by atoms with Crippen molar-refractivity contribution in [3.05, 3.63) is 144 Å². The lowest BCUT2D eigenvalue weighted by Crippen LogP contribution is -2.30. The van der Waals surface area contributed by atoms with Crippen LogP contribution in [0, 0.1) is 0 Å². The maximum absolute atomic E-state index is 13.5. The topological polar surface area (TPSA) is 103 Å². The number of fused-ring (bicyclic) bond motifs is 2. The number of rotatable bonds is 10. The van der Waals surface area contributed by atoms with Crippen molar-refractivity contribution in [1.29, 1.82) is 0 Å². The summed E-state index contributed by atoms with van der Waals surface area (Å²) in [4.78, 5) is 43.2. The van der Waals surface area contributed by atoms with Crippen LogP contribution in [0.3, 0.4) is 0 Å². The molecule has 0 aliphatic rings. The molecular formula is C37H30N4O3S. The van der Waals surface area contributed by atoms with Crippen molar-refractivity contribution in [3.63, 3.8) is 0 Å². The highest BCUT2D eigenvalue weighted by Crippen LogP contribution is 2.25. The fraction of sp³-hybridized carbons (Fsp3) is 0.0541. The largest absolute Gasteiger partial charge is 0.361 e. The Morgan fingerprint density at radius 1 is 0.711 bits per heavy atom. The van der Waals surface area contributed by atoms with E-state index in [1.807, 2.05) is 84.9 Å². The maximum atomic E-state index is 13.5. The number of benzene rings is 5. The van der Waals surface area contributed by atoms with Crippen molar-refractivity contribution in [2.75, 3.05) is 16.4 Å². The van der Waals surface area contributed by atoms with Gasteiger partial charge >= 0.3 is 0 Å². The number of carbonyl (C=O) groups is 3. The summed E-state index contributed by atoms with van der Waals surface area (Å²) < 4.78 is 0. The van der Waals surface area contributed by atoms with Crippen LogP contribution in [-0.4, -0.2) is 28.5 Å². The minimum Gasteiger partial charge on any atom is -0.361 e. The molecule has 1 aromatic heterocycles. The van der Waals surface area contributed by atoms with Crippen LogP contribution in [0.5, 0.6) is 0 Å². The van der Waals surface area contributed by atoms with E-state index in [1.54, 1.807) is 60.4 Å². The van der Waals surface area contributed by atoms with Gasteiger partial charge in [0.2, 0.25) is 5.91 Å². The molecule has 0 unspecified atom stereocenters. The second kappa shape index (κ2) is 13.8. The average Bonchev–Trinajstić information content (AvgIpc) is 3.48. The van der Waals surface area contributed by atoms with Crippen LogP contribution < -0.4 is 16.0 Å². The van der Waals surface area contributed by atoms with Crippen molar-refractivity contribution in [1.82, 2.24) is 10.3 Å². The third kappa shape index (κ3) is 7.31. The summed E-state index contributed by atoms with van der Waals surface area (Å²) in [5, 5.41) is 11.7. The van der Waals surface area contributed by atoms with Gasteiger partial charge in [0.05, 0.1) is 0 Å². The summed E-state index contributed by atoms with van der Waals surface area (Å²) in [6, 6.07) is 37.8. The predicted molar refractivity (Wildman–Crippen MR) is 183 cm³/mol. The summed E-state index contributed by atoms with van der Waals surface area (Å²) in [6.45, 7) is 0. The molecule has 1 heterocycles. The van der Waals surface area contributed by atoms with Crippen LogP contribution in [0.25, 0.3) is 27.8 Å². The van der Waals surface area contributed by atoms with Crippen LogP contribution in [-0.2, 0) is 9.59 Å². The van der Waals surface area contributed by atoms with E-state index < -0.39 is 5.91 Å². The Labute approximate surface area is 264 Å². The van der Waals surface area contributed by atoms with E-state index in [-0.39, 0.29) is 17.5 Å². The first-order valence-electron chi connectivity index (χ1n) is 14.5. The van der Waals surface area contributed by atoms with Gasteiger partial charge in [-0.3, -0.25) is 14.4 Å². The third-order valence-electron chi connectivity index (χ3n) is 7.22. The highest BCUT2D eigenvalue weighted by atomic mass is 32.2. The molecule has 5 aromatic carbocycles. The number of anilines is 2. The van der Waals surface area contributed by atoms with E-state index in [1.165, 1.54) is 0 Å². The van der Waals surface area contributed by atoms with Crippen molar-refractivity contribution >= 4 is 68.6 Å². The van der Waals surface area contributed by atoms with Crippen molar-refractivity contribution in [2.24, 2.45) is 0 Å². The number of hydrogen-bond donors (Lipinski definition) is 4. The molecule has 0 fully saturated rings. The molecule has 0 aliphatic carbocycles. The molecule has 0 saturated carbocycles. The first-order valence-corrected chi connectivity index (χ1v) is 15.5. The highest BCUT2D eigenvalue weighted by molar-refractivity contribution is 7.99. The molecule has 8 heteroatoms. The molecule has 0 saturated heterocycles. The minimum absolute atomic E-state index is 0.0465. The summed E-state index contributed by atoms with van der Waals surface area (Å²) in [5.41, 5.74) is 3.65. The van der Waals surface area contributed by atoms with E-state index in [9.17, 15) is 14.4 Å². The molecule has 222 valence electrons. The fourth-order valence-electron chi connectivity index (χ4n) is 4.95. The van der Waals surface area contributed by atoms with Gasteiger partial charge in [0.1, 0.15) is 5.70 Å². The van der Waals surface area contributed by atoms with Gasteiger partial charge in [-0.2, -0.15) is 0 Å². The van der Waals surface area contributed by atoms with Gasteiger partial charge < -0.3 is 20.9 Å². The Hall–Kier alpha value is -5.60. The standard InChI is InChI=1S/C37H30N4O3S/c42-35(40-33-16-8-12-25-9-4-5-13-30(25)33)21-22-45-29-19-17-28(18-20-29)39-37(44)34(41-36(43)26-10-2-1-3-11-26)23-27-24-38-32-15-7-6-14-31(27)32/h1-20,23-24,38H,21-22H2,(H,39,44)(H,40,42)(H,41,43). The van der Waals surface area contributed by atoms with E-state index in [2.05, 4.69) is 20.9 Å². The summed E-state index contributed by atoms with van der Waals surface area (Å²) in [5.74, 6) is -0.274. The number of carbonyl (C=O) groups excluding carboxylic acids is 3. The molecule has 6 rings (SSSR count). The molecule has 0 aliphatic heterocycles. The fourth-order valence-corrected chi connectivity index (χ4v) is 5.80. The second-order valence-corrected chi connectivity index (χ2v) is 11.5. The van der Waals surface area contributed by atoms with Gasteiger partial charge in [-0.15, -0.1) is 11.8 Å². The van der Waals surface area contributed by atoms with Gasteiger partial charge in [-0.05, 0) is 60.0 Å². The Balaban J connectivity index is 1.09. The van der Waals surface area contributed by atoms with E-state index in [0.717, 1.165) is 37.8 Å². The van der Waals surface area contributed by atoms with Crippen molar-refractivity contribution in [2.45, 2.75) is 11.3 Å². The highest BCUT2D eigenvalue weighted by Gasteiger charge is 2.16. The van der Waals surface area contributed by atoms with Crippen LogP contribution in [0.4, 0.5) is 11.4 Å². The summed E-state index contributed by atoms with van der Waals surface area (Å²) in [7, 11) is 0. The smallest absolute Gasteiger partial charge is 0.272 e. The minimum atomic E-state index is -0.449. The molecule has 0 bridgehead atoms. The normalized spacial score (nSPS) is 11.3. The molecule has 7 nitrogen and oxygen atoms in total. The monoisotopic (exact) mass is 610 g/mol. The maximum Gasteiger partial charge on any atom is 0.272 e. The third-order valence-corrected chi connectivity index (χ3v) is 8.24. The zero-order valence-corrected chi connectivity index (χ0v) is 25.1. The first-order chi connectivity index (χ1) is 22.0. The van der Waals surface area contributed by atoms with E-state index in [4.69, 9.17) is 0 Å². The molecule has 0 spiro atoms. The molecule has 0 radical (unpaired) electrons. The van der Waals surface area contributed by atoms with Crippen LogP contribution in [0.15, 0.2) is 138 Å². The number of para-hydroxylation sites is 1. The predicted octanol–water partition coefficient (Wildman–Crippen LogP) is 7.85. The number of nitrogens with one attached hydrogen (secondary N) is 4. The number of aromatic amines is 1. The lowest BCUT2D eigenvalue weighted by atomic mass is 10.1. The number of thioether (sulfide) groups is 1. The number of H-pyrrole nitrogens is 1. The molecule has 4 N–H and O–H groups in total. The Morgan fingerprint density at radius 2 is 1.42 bits per heavy atom.